The van der Waals surface area contributed by atoms with E-state index in [-0.39, 0.29) is 12.5 Å². The van der Waals surface area contributed by atoms with E-state index >= 15 is 0 Å². The van der Waals surface area contributed by atoms with Crippen LogP contribution in [0, 0.1) is 0 Å². The van der Waals surface area contributed by atoms with Gasteiger partial charge in [0.15, 0.2) is 6.10 Å². The Balaban J connectivity index is 0.971. The fraction of sp³-hybridized carbons (Fsp3) is 0.400. The van der Waals surface area contributed by atoms with E-state index < -0.39 is 24.0 Å². The standard InChI is InChI=1S/C65H76O10/c1-5-8-11-14-17-43-70-53-32-26-50(27-33-53)64(67)73-56-38-40-58-59-41-39-57(74-65(68)51-28-34-54(35-29-51)71-44-18-15-12-9-6-2)46-61(59)63(60(58)45-56)75-62(66)21-19-20-47(4)72-55-36-24-49(25-37-55)48-22-30-52(31-23-48)69-42-16-13-10-7-3/h22-41,45-47,63H,5-21,42-44H2,1-4H3. The average molecular weight is 1020 g/mol. The Bertz CT molecular complexity index is 2570. The third-order valence-electron chi connectivity index (χ3n) is 13.4. The first kappa shape index (κ1) is 55.7. The lowest BCUT2D eigenvalue weighted by Gasteiger charge is -2.18. The largest absolute Gasteiger partial charge is 0.494 e. The summed E-state index contributed by atoms with van der Waals surface area (Å²) in [6.45, 7) is 10.6. The molecule has 7 rings (SSSR count). The molecule has 0 radical (unpaired) electrons. The highest BCUT2D eigenvalue weighted by molar-refractivity contribution is 5.92. The lowest BCUT2D eigenvalue weighted by atomic mass is 10.1. The lowest BCUT2D eigenvalue weighted by Crippen LogP contribution is -2.15. The molecule has 10 heteroatoms. The van der Waals surface area contributed by atoms with Gasteiger partial charge in [0.25, 0.3) is 0 Å². The molecule has 0 spiro atoms. The minimum atomic E-state index is -0.858. The van der Waals surface area contributed by atoms with Crippen LogP contribution in [-0.2, 0) is 9.53 Å². The minimum Gasteiger partial charge on any atom is -0.494 e. The van der Waals surface area contributed by atoms with Gasteiger partial charge < -0.3 is 33.2 Å². The van der Waals surface area contributed by atoms with Crippen molar-refractivity contribution in [3.63, 3.8) is 0 Å². The molecule has 396 valence electrons. The number of benzene rings is 6. The summed E-state index contributed by atoms with van der Waals surface area (Å²) in [7, 11) is 0. The van der Waals surface area contributed by atoms with Gasteiger partial charge in [-0.25, -0.2) is 9.59 Å². The van der Waals surface area contributed by atoms with Crippen molar-refractivity contribution in [2.75, 3.05) is 19.8 Å². The van der Waals surface area contributed by atoms with Crippen LogP contribution in [-0.4, -0.2) is 43.8 Å². The topological polar surface area (TPSA) is 116 Å². The fourth-order valence-electron chi connectivity index (χ4n) is 9.13. The number of carbonyl (C=O) groups is 3. The number of esters is 3. The van der Waals surface area contributed by atoms with Crippen LogP contribution in [0.2, 0.25) is 0 Å². The number of carbonyl (C=O) groups excluding carboxylic acids is 3. The number of rotatable bonds is 32. The van der Waals surface area contributed by atoms with Gasteiger partial charge in [-0.1, -0.05) is 128 Å². The summed E-state index contributed by atoms with van der Waals surface area (Å²) in [6.07, 6.45) is 16.4. The van der Waals surface area contributed by atoms with E-state index in [1.165, 1.54) is 57.8 Å². The van der Waals surface area contributed by atoms with Crippen LogP contribution in [0.1, 0.15) is 175 Å². The van der Waals surface area contributed by atoms with Gasteiger partial charge in [0.05, 0.1) is 37.1 Å². The van der Waals surface area contributed by atoms with Crippen LogP contribution in [0.3, 0.4) is 0 Å². The maximum absolute atomic E-state index is 13.8. The van der Waals surface area contributed by atoms with Gasteiger partial charge in [-0.05, 0) is 158 Å². The van der Waals surface area contributed by atoms with Gasteiger partial charge in [-0.3, -0.25) is 4.79 Å². The molecule has 6 aromatic rings. The van der Waals surface area contributed by atoms with E-state index in [1.54, 1.807) is 72.8 Å². The minimum absolute atomic E-state index is 0.146. The second-order valence-corrected chi connectivity index (χ2v) is 19.5. The predicted octanol–water partition coefficient (Wildman–Crippen LogP) is 16.7. The van der Waals surface area contributed by atoms with Crippen molar-refractivity contribution >= 4 is 17.9 Å². The normalized spacial score (nSPS) is 12.1. The molecule has 0 bridgehead atoms. The molecule has 0 amide bonds. The van der Waals surface area contributed by atoms with Crippen LogP contribution in [0.25, 0.3) is 22.3 Å². The molecule has 1 aliphatic carbocycles. The van der Waals surface area contributed by atoms with E-state index in [0.29, 0.717) is 71.3 Å². The van der Waals surface area contributed by atoms with Crippen LogP contribution in [0.15, 0.2) is 133 Å². The SMILES string of the molecule is CCCCCCCOc1ccc(C(=O)Oc2ccc3c(c2)C(OC(=O)CCCC(C)Oc2ccc(-c4ccc(OCCCCCC)cc4)cc2)c2cc(OC(=O)c4ccc(OCCCCCCC)cc4)ccc2-3)cc1. The highest BCUT2D eigenvalue weighted by Gasteiger charge is 2.33. The summed E-state index contributed by atoms with van der Waals surface area (Å²) in [4.78, 5) is 40.7. The molecule has 1 unspecified atom stereocenters. The summed E-state index contributed by atoms with van der Waals surface area (Å²) in [6, 6.07) is 40.7. The predicted molar refractivity (Wildman–Crippen MR) is 297 cm³/mol. The van der Waals surface area contributed by atoms with Crippen molar-refractivity contribution in [3.8, 4) is 56.8 Å². The maximum Gasteiger partial charge on any atom is 0.343 e. The first-order valence-electron chi connectivity index (χ1n) is 27.6. The Morgan fingerprint density at radius 2 is 0.800 bits per heavy atom. The molecule has 0 N–H and O–H groups in total. The first-order chi connectivity index (χ1) is 36.7. The smallest absolute Gasteiger partial charge is 0.343 e. The maximum atomic E-state index is 13.8. The van der Waals surface area contributed by atoms with Crippen molar-refractivity contribution in [3.05, 3.63) is 156 Å². The summed E-state index contributed by atoms with van der Waals surface area (Å²) in [5.74, 6) is 2.15. The number of hydrogen-bond donors (Lipinski definition) is 0. The highest BCUT2D eigenvalue weighted by atomic mass is 16.6. The quantitative estimate of drug-likeness (QED) is 0.0230. The molecule has 1 aliphatic rings. The van der Waals surface area contributed by atoms with Gasteiger partial charge in [-0.2, -0.15) is 0 Å². The average Bonchev–Trinajstić information content (AvgIpc) is 3.72. The third kappa shape index (κ3) is 17.2. The van der Waals surface area contributed by atoms with Crippen molar-refractivity contribution in [2.24, 2.45) is 0 Å². The second-order valence-electron chi connectivity index (χ2n) is 19.5. The molecule has 6 aromatic carbocycles. The zero-order valence-electron chi connectivity index (χ0n) is 44.6. The van der Waals surface area contributed by atoms with Gasteiger partial charge in [0, 0.05) is 17.5 Å². The summed E-state index contributed by atoms with van der Waals surface area (Å²) < 4.78 is 42.1. The molecule has 75 heavy (non-hydrogen) atoms. The Hall–Kier alpha value is -7.07. The molecular weight excluding hydrogens is 941 g/mol. The van der Waals surface area contributed by atoms with Gasteiger partial charge >= 0.3 is 17.9 Å². The molecule has 0 fully saturated rings. The van der Waals surface area contributed by atoms with Crippen molar-refractivity contribution in [1.82, 2.24) is 0 Å². The van der Waals surface area contributed by atoms with Crippen molar-refractivity contribution in [2.45, 2.75) is 149 Å². The molecule has 0 heterocycles. The highest BCUT2D eigenvalue weighted by Crippen LogP contribution is 2.48. The monoisotopic (exact) mass is 1020 g/mol. The Morgan fingerprint density at radius 3 is 1.23 bits per heavy atom. The summed E-state index contributed by atoms with van der Waals surface area (Å²) in [5.41, 5.74) is 5.85. The fourth-order valence-corrected chi connectivity index (χ4v) is 9.13. The first-order valence-corrected chi connectivity index (χ1v) is 27.6. The zero-order chi connectivity index (χ0) is 52.6. The van der Waals surface area contributed by atoms with Gasteiger partial charge in [0.2, 0.25) is 0 Å². The molecule has 0 aliphatic heterocycles. The Kier molecular flexibility index (Phi) is 22.1. The lowest BCUT2D eigenvalue weighted by molar-refractivity contribution is -0.147. The Labute approximate surface area is 445 Å². The van der Waals surface area contributed by atoms with E-state index in [0.717, 1.165) is 72.5 Å². The van der Waals surface area contributed by atoms with Crippen LogP contribution in [0.4, 0.5) is 0 Å². The molecule has 0 saturated heterocycles. The van der Waals surface area contributed by atoms with Crippen LogP contribution >= 0.6 is 0 Å². The van der Waals surface area contributed by atoms with Gasteiger partial charge in [-0.15, -0.1) is 0 Å². The number of fused-ring (bicyclic) bond motifs is 3. The van der Waals surface area contributed by atoms with Gasteiger partial charge in [0.1, 0.15) is 34.5 Å². The number of ether oxygens (including phenoxy) is 7. The van der Waals surface area contributed by atoms with E-state index in [4.69, 9.17) is 33.2 Å². The summed E-state index contributed by atoms with van der Waals surface area (Å²) in [5, 5.41) is 0. The molecule has 0 aromatic heterocycles. The zero-order valence-corrected chi connectivity index (χ0v) is 44.6. The van der Waals surface area contributed by atoms with E-state index in [1.807, 2.05) is 55.5 Å². The third-order valence-corrected chi connectivity index (χ3v) is 13.4. The Morgan fingerprint density at radius 1 is 0.427 bits per heavy atom. The summed E-state index contributed by atoms with van der Waals surface area (Å²) >= 11 is 0. The number of unbranched alkanes of at least 4 members (excludes halogenated alkanes) is 11. The molecule has 0 saturated carbocycles. The van der Waals surface area contributed by atoms with E-state index in [9.17, 15) is 14.4 Å². The second kappa shape index (κ2) is 29.7. The van der Waals surface area contributed by atoms with Crippen LogP contribution < -0.4 is 28.4 Å². The van der Waals surface area contributed by atoms with Crippen molar-refractivity contribution in [1.29, 1.82) is 0 Å². The van der Waals surface area contributed by atoms with E-state index in [2.05, 4.69) is 32.9 Å². The number of hydrogen-bond acceptors (Lipinski definition) is 10. The molecular formula is C65H76O10. The van der Waals surface area contributed by atoms with Crippen LogP contribution in [0.5, 0.6) is 34.5 Å². The molecule has 1 atom stereocenters. The molecule has 10 nitrogen and oxygen atoms in total. The van der Waals surface area contributed by atoms with Crippen molar-refractivity contribution < 1.29 is 47.5 Å².